The number of hydrogen-bond acceptors (Lipinski definition) is 6. The molecular formula is B3Cl6N9. The third-order valence-corrected chi connectivity index (χ3v) is 4.62. The first-order valence-electron chi connectivity index (χ1n) is 4.06. The molecule has 0 saturated carbocycles. The lowest BCUT2D eigenvalue weighted by Gasteiger charge is -2.55. The van der Waals surface area contributed by atoms with Crippen LogP contribution in [0, 0.1) is 16.2 Å². The van der Waals surface area contributed by atoms with Crippen LogP contribution in [0.5, 0.6) is 0 Å². The minimum Gasteiger partial charge on any atom is -0.314 e. The molecule has 0 bridgehead atoms. The zero-order valence-electron chi connectivity index (χ0n) is 8.02. The number of diazo groups is 3. The molecule has 0 amide bonds. The van der Waals surface area contributed by atoms with E-state index in [0.717, 1.165) is 0 Å². The smallest absolute Gasteiger partial charge is 0.314 e. The summed E-state index contributed by atoms with van der Waals surface area (Å²) >= 11 is 34.9. The van der Waals surface area contributed by atoms with Crippen molar-refractivity contribution in [2.45, 2.75) is 0 Å². The molecule has 1 heterocycles. The average molecular weight is 371 g/mol. The van der Waals surface area contributed by atoms with Gasteiger partial charge in [0, 0.05) is 0 Å². The van der Waals surface area contributed by atoms with Crippen molar-refractivity contribution in [2.24, 2.45) is 0 Å². The van der Waals surface area contributed by atoms with E-state index in [0.29, 0.717) is 14.5 Å². The van der Waals surface area contributed by atoms with Crippen molar-refractivity contribution in [3.05, 3.63) is 15.3 Å². The van der Waals surface area contributed by atoms with Crippen molar-refractivity contribution in [2.75, 3.05) is 0 Å². The third-order valence-electron chi connectivity index (χ3n) is 2.22. The molecule has 96 valence electrons. The molecule has 1 saturated heterocycles. The summed E-state index contributed by atoms with van der Waals surface area (Å²) < 4.78 is 0. The quantitative estimate of drug-likeness (QED) is 0.480. The predicted octanol–water partition coefficient (Wildman–Crippen LogP) is 2.95. The molecule has 9 nitrogen and oxygen atoms in total. The molecule has 1 aliphatic heterocycles. The maximum absolute atomic E-state index is 8.82. The first-order chi connectivity index (χ1) is 8.08. The van der Waals surface area contributed by atoms with Crippen LogP contribution in [0.25, 0.3) is 15.3 Å². The summed E-state index contributed by atoms with van der Waals surface area (Å²) in [5, 5.41) is 24.9. The van der Waals surface area contributed by atoms with Gasteiger partial charge in [-0.2, -0.15) is 0 Å². The molecule has 0 aromatic heterocycles. The van der Waals surface area contributed by atoms with Gasteiger partial charge in [-0.3, -0.25) is 14.5 Å². The van der Waals surface area contributed by atoms with Crippen LogP contribution in [0.2, 0.25) is 0 Å². The van der Waals surface area contributed by atoms with Gasteiger partial charge >= 0.3 is 15.7 Å². The highest BCUT2D eigenvalue weighted by molar-refractivity contribution is 7.62. The van der Waals surface area contributed by atoms with E-state index in [1.54, 1.807) is 0 Å². The second kappa shape index (κ2) is 4.61. The number of hydrogen-bond donors (Lipinski definition) is 0. The molecule has 0 atom stereocenters. The fourth-order valence-corrected chi connectivity index (χ4v) is 4.50. The van der Waals surface area contributed by atoms with Crippen molar-refractivity contribution in [3.8, 4) is 0 Å². The Balaban J connectivity index is 3.55. The van der Waals surface area contributed by atoms with Gasteiger partial charge in [-0.05, 0) is 0 Å². The number of halogens is 6. The summed E-state index contributed by atoms with van der Waals surface area (Å²) in [5.74, 6) is 0. The van der Waals surface area contributed by atoms with E-state index < -0.39 is 15.7 Å². The standard InChI is InChI=1S/B3Cl6N9/c4-1(5)16(13-10)2(6,7)18(15-12)3(8,9)17(1)14-11. The second-order valence-electron chi connectivity index (χ2n) is 3.17. The number of rotatable bonds is 0. The summed E-state index contributed by atoms with van der Waals surface area (Å²) in [6, 6.07) is 0. The Labute approximate surface area is 130 Å². The fraction of sp³-hybridized carbons (Fsp3) is 0. The molecule has 1 fully saturated rings. The minimum atomic E-state index is -3.18. The van der Waals surface area contributed by atoms with Gasteiger partial charge in [0.25, 0.3) is 0 Å². The van der Waals surface area contributed by atoms with Crippen LogP contribution in [0.4, 0.5) is 0 Å². The first kappa shape index (κ1) is 15.7. The maximum atomic E-state index is 8.82. The van der Waals surface area contributed by atoms with Gasteiger partial charge in [0.15, 0.2) is 0 Å². The largest absolute Gasteiger partial charge is 0.416 e. The van der Waals surface area contributed by atoms with Gasteiger partial charge in [-0.15, -0.1) is 0 Å². The molecule has 0 N–H and O–H groups in total. The zero-order valence-corrected chi connectivity index (χ0v) is 12.6. The maximum Gasteiger partial charge on any atom is 0.416 e. The Hall–Kier alpha value is -0.405. The van der Waals surface area contributed by atoms with Gasteiger partial charge in [-0.1, -0.05) is 0 Å². The molecule has 0 unspecified atom stereocenters. The highest BCUT2D eigenvalue weighted by atomic mass is 35.5. The summed E-state index contributed by atoms with van der Waals surface area (Å²) in [4.78, 5) is 0.948. The highest BCUT2D eigenvalue weighted by Gasteiger charge is 2.69. The van der Waals surface area contributed by atoms with Gasteiger partial charge in [0.1, 0.15) is 0 Å². The van der Waals surface area contributed by atoms with E-state index in [4.69, 9.17) is 84.9 Å². The molecule has 0 radical (unpaired) electrons. The summed E-state index contributed by atoms with van der Waals surface area (Å²) in [7, 11) is 0. The van der Waals surface area contributed by atoms with Crippen LogP contribution < -0.4 is 0 Å². The third kappa shape index (κ3) is 1.92. The lowest BCUT2D eigenvalue weighted by atomic mass is 9.74. The van der Waals surface area contributed by atoms with E-state index in [9.17, 15) is 0 Å². The van der Waals surface area contributed by atoms with Crippen LogP contribution in [-0.2, 0) is 0 Å². The highest BCUT2D eigenvalue weighted by Crippen LogP contribution is 2.49. The summed E-state index contributed by atoms with van der Waals surface area (Å²) in [5.41, 5.74) is 0. The average Bonchev–Trinajstić information content (AvgIpc) is 2.15. The summed E-state index contributed by atoms with van der Waals surface area (Å²) in [6.45, 7) is 0. The fourth-order valence-electron chi connectivity index (χ4n) is 1.38. The number of nitrogens with zero attached hydrogens (tertiary/aromatic N) is 9. The van der Waals surface area contributed by atoms with Crippen molar-refractivity contribution >= 4 is 84.5 Å². The molecule has 1 aliphatic rings. The van der Waals surface area contributed by atoms with Crippen molar-refractivity contribution in [3.63, 3.8) is 0 Å². The van der Waals surface area contributed by atoms with Gasteiger partial charge < -0.3 is 68.8 Å². The Bertz CT molecular complexity index is 391. The van der Waals surface area contributed by atoms with Gasteiger partial charge in [-0.25, -0.2) is 0 Å². The van der Waals surface area contributed by atoms with E-state index in [2.05, 4.69) is 15.3 Å². The molecule has 0 aliphatic carbocycles. The molecule has 18 heavy (non-hydrogen) atoms. The summed E-state index contributed by atoms with van der Waals surface area (Å²) in [6.07, 6.45) is 0. The van der Waals surface area contributed by atoms with Crippen LogP contribution in [-0.4, -0.2) is 30.2 Å². The lowest BCUT2D eigenvalue weighted by Crippen LogP contribution is -2.81. The Morgan fingerprint density at radius 1 is 0.556 bits per heavy atom. The lowest BCUT2D eigenvalue weighted by molar-refractivity contribution is 0.598. The molecule has 1 rings (SSSR count). The van der Waals surface area contributed by atoms with E-state index in [1.165, 1.54) is 0 Å². The van der Waals surface area contributed by atoms with Crippen molar-refractivity contribution < 1.29 is 0 Å². The van der Waals surface area contributed by atoms with Crippen molar-refractivity contribution in [1.29, 1.82) is 16.2 Å². The SMILES string of the molecule is N#[N+]N1[B-](Cl)(Cl)N([N+]#N)[B-](Cl)(Cl)N([N+]#N)[B-]1(Cl)Cl. The molecule has 0 aromatic carbocycles. The van der Waals surface area contributed by atoms with Crippen LogP contribution in [0.1, 0.15) is 0 Å². The molecule has 18 heteroatoms. The Morgan fingerprint density at radius 2 is 0.722 bits per heavy atom. The minimum absolute atomic E-state index is 0.316. The zero-order chi connectivity index (χ0) is 14.4. The molecular weight excluding hydrogens is 371 g/mol. The topological polar surface area (TPSA) is 94.2 Å². The van der Waals surface area contributed by atoms with Crippen LogP contribution in [0.3, 0.4) is 0 Å². The molecule has 0 spiro atoms. The van der Waals surface area contributed by atoms with E-state index in [-0.39, 0.29) is 0 Å². The Morgan fingerprint density at radius 3 is 0.833 bits per heavy atom. The van der Waals surface area contributed by atoms with Crippen molar-refractivity contribution in [1.82, 2.24) is 14.5 Å². The van der Waals surface area contributed by atoms with Gasteiger partial charge in [0.05, 0.1) is 0 Å². The van der Waals surface area contributed by atoms with Crippen LogP contribution in [0.15, 0.2) is 0 Å². The normalized spacial score (nSPS) is 23.8. The second-order valence-corrected chi connectivity index (χ2v) is 7.49. The predicted molar refractivity (Wildman–Crippen MR) is 73.1 cm³/mol. The Kier molecular flexibility index (Phi) is 4.01. The van der Waals surface area contributed by atoms with E-state index >= 15 is 0 Å². The van der Waals surface area contributed by atoms with E-state index in [1.807, 2.05) is 0 Å². The molecule has 0 aromatic rings. The van der Waals surface area contributed by atoms with Crippen LogP contribution >= 0.6 is 68.8 Å². The van der Waals surface area contributed by atoms with Gasteiger partial charge in [0.2, 0.25) is 31.4 Å². The monoisotopic (exact) mass is 369 g/mol. The first-order valence-corrected chi connectivity index (χ1v) is 6.68.